The van der Waals surface area contributed by atoms with E-state index in [0.29, 0.717) is 18.8 Å². The van der Waals surface area contributed by atoms with Crippen molar-refractivity contribution in [2.24, 2.45) is 0 Å². The number of carbonyl (C=O) groups is 1. The van der Waals surface area contributed by atoms with Crippen LogP contribution in [-0.2, 0) is 17.9 Å². The summed E-state index contributed by atoms with van der Waals surface area (Å²) in [7, 11) is 0. The van der Waals surface area contributed by atoms with Crippen LogP contribution in [0.4, 0.5) is 0 Å². The molecule has 0 radical (unpaired) electrons. The monoisotopic (exact) mass is 374 g/mol. The van der Waals surface area contributed by atoms with Gasteiger partial charge in [-0.2, -0.15) is 0 Å². The Morgan fingerprint density at radius 2 is 1.93 bits per heavy atom. The summed E-state index contributed by atoms with van der Waals surface area (Å²) in [4.78, 5) is 14.5. The molecule has 0 bridgehead atoms. The molecule has 2 aromatic carbocycles. The molecule has 4 heteroatoms. The molecule has 0 saturated carbocycles. The number of nitrogens with zero attached hydrogens (tertiary/aromatic N) is 2. The summed E-state index contributed by atoms with van der Waals surface area (Å²) in [6.45, 7) is 7.67. The number of para-hydroxylation sites is 1. The number of hydrogen-bond donors (Lipinski definition) is 0. The van der Waals surface area contributed by atoms with Gasteiger partial charge in [-0.05, 0) is 36.8 Å². The van der Waals surface area contributed by atoms with Gasteiger partial charge in [-0.1, -0.05) is 54.1 Å². The van der Waals surface area contributed by atoms with Crippen LogP contribution in [0.5, 0.6) is 5.75 Å². The first-order valence-corrected chi connectivity index (χ1v) is 9.42. The fourth-order valence-corrected chi connectivity index (χ4v) is 3.11. The predicted molar refractivity (Wildman–Crippen MR) is 112 cm³/mol. The molecule has 1 amide bonds. The van der Waals surface area contributed by atoms with Crippen molar-refractivity contribution in [1.82, 2.24) is 9.47 Å². The van der Waals surface area contributed by atoms with Crippen molar-refractivity contribution in [1.29, 1.82) is 0 Å². The zero-order chi connectivity index (χ0) is 19.8. The number of carbonyl (C=O) groups excluding carboxylic acids is 1. The quantitative estimate of drug-likeness (QED) is 0.519. The number of aryl methyl sites for hydroxylation is 1. The maximum absolute atomic E-state index is 12.7. The zero-order valence-corrected chi connectivity index (χ0v) is 16.3. The van der Waals surface area contributed by atoms with E-state index in [1.807, 2.05) is 36.4 Å². The summed E-state index contributed by atoms with van der Waals surface area (Å²) in [5.41, 5.74) is 3.57. The number of hydrogen-bond acceptors (Lipinski definition) is 2. The second-order valence-corrected chi connectivity index (χ2v) is 6.78. The van der Waals surface area contributed by atoms with Crippen molar-refractivity contribution < 1.29 is 9.53 Å². The largest absolute Gasteiger partial charge is 0.484 e. The van der Waals surface area contributed by atoms with Gasteiger partial charge in [-0.15, -0.1) is 6.58 Å². The van der Waals surface area contributed by atoms with E-state index >= 15 is 0 Å². The van der Waals surface area contributed by atoms with Gasteiger partial charge in [-0.3, -0.25) is 4.79 Å². The van der Waals surface area contributed by atoms with Gasteiger partial charge in [0.1, 0.15) is 5.75 Å². The van der Waals surface area contributed by atoms with E-state index < -0.39 is 0 Å². The van der Waals surface area contributed by atoms with E-state index in [1.165, 1.54) is 11.1 Å². The molecule has 3 rings (SSSR count). The Hall–Kier alpha value is -3.27. The van der Waals surface area contributed by atoms with E-state index in [-0.39, 0.29) is 12.5 Å². The molecule has 0 atom stereocenters. The second kappa shape index (κ2) is 9.60. The lowest BCUT2D eigenvalue weighted by Crippen LogP contribution is -2.35. The molecule has 0 N–H and O–H groups in total. The molecule has 1 heterocycles. The molecule has 0 spiro atoms. The topological polar surface area (TPSA) is 34.5 Å². The minimum absolute atomic E-state index is 0.0104. The summed E-state index contributed by atoms with van der Waals surface area (Å²) in [5, 5.41) is 0. The zero-order valence-electron chi connectivity index (χ0n) is 16.3. The van der Waals surface area contributed by atoms with E-state index in [9.17, 15) is 4.79 Å². The van der Waals surface area contributed by atoms with Gasteiger partial charge in [-0.25, -0.2) is 0 Å². The Kier molecular flexibility index (Phi) is 6.68. The minimum Gasteiger partial charge on any atom is -0.484 e. The van der Waals surface area contributed by atoms with Gasteiger partial charge < -0.3 is 14.2 Å². The molecule has 4 nitrogen and oxygen atoms in total. The highest BCUT2D eigenvalue weighted by atomic mass is 16.5. The normalized spacial score (nSPS) is 10.5. The van der Waals surface area contributed by atoms with Crippen LogP contribution >= 0.6 is 0 Å². The maximum atomic E-state index is 12.7. The molecule has 0 saturated heterocycles. The molecule has 28 heavy (non-hydrogen) atoms. The SMILES string of the molecule is C=CCN(Cc1cccn1Cc1cccc(C)c1)C(=O)COc1ccccc1. The Balaban J connectivity index is 1.66. The Labute approximate surface area is 166 Å². The summed E-state index contributed by atoms with van der Waals surface area (Å²) in [5.74, 6) is 0.629. The molecule has 144 valence electrons. The average Bonchev–Trinajstić information content (AvgIpc) is 3.13. The Morgan fingerprint density at radius 3 is 2.68 bits per heavy atom. The number of ether oxygens (including phenoxy) is 1. The van der Waals surface area contributed by atoms with Crippen LogP contribution in [0.3, 0.4) is 0 Å². The summed E-state index contributed by atoms with van der Waals surface area (Å²) >= 11 is 0. The second-order valence-electron chi connectivity index (χ2n) is 6.78. The summed E-state index contributed by atoms with van der Waals surface area (Å²) in [6, 6.07) is 21.9. The summed E-state index contributed by atoms with van der Waals surface area (Å²) < 4.78 is 7.80. The molecule has 1 aromatic heterocycles. The van der Waals surface area contributed by atoms with Crippen molar-refractivity contribution in [2.75, 3.05) is 13.2 Å². The first-order valence-electron chi connectivity index (χ1n) is 9.42. The molecule has 0 fully saturated rings. The van der Waals surface area contributed by atoms with Crippen LogP contribution in [0.1, 0.15) is 16.8 Å². The molecule has 0 aliphatic rings. The highest BCUT2D eigenvalue weighted by Crippen LogP contribution is 2.13. The molecule has 0 unspecified atom stereocenters. The molecule has 3 aromatic rings. The van der Waals surface area contributed by atoms with E-state index in [4.69, 9.17) is 4.74 Å². The average molecular weight is 374 g/mol. The van der Waals surface area contributed by atoms with Gasteiger partial charge in [0.2, 0.25) is 0 Å². The smallest absolute Gasteiger partial charge is 0.261 e. The van der Waals surface area contributed by atoms with Gasteiger partial charge in [0.25, 0.3) is 5.91 Å². The third kappa shape index (κ3) is 5.36. The minimum atomic E-state index is -0.0629. The molecule has 0 aliphatic heterocycles. The van der Waals surface area contributed by atoms with E-state index in [0.717, 1.165) is 12.2 Å². The predicted octanol–water partition coefficient (Wildman–Crippen LogP) is 4.44. The number of amides is 1. The standard InChI is InChI=1S/C24H26N2O2/c1-3-14-26(24(27)19-28-23-12-5-4-6-13-23)18-22-11-8-15-25(22)17-21-10-7-9-20(2)16-21/h3-13,15-16H,1,14,17-19H2,2H3. The van der Waals surface area contributed by atoms with E-state index in [1.54, 1.807) is 11.0 Å². The summed E-state index contributed by atoms with van der Waals surface area (Å²) in [6.07, 6.45) is 3.79. The third-order valence-corrected chi connectivity index (χ3v) is 4.52. The van der Waals surface area contributed by atoms with E-state index in [2.05, 4.69) is 54.6 Å². The fraction of sp³-hybridized carbons (Fsp3) is 0.208. The lowest BCUT2D eigenvalue weighted by Gasteiger charge is -2.22. The lowest BCUT2D eigenvalue weighted by molar-refractivity contribution is -0.133. The van der Waals surface area contributed by atoms with Gasteiger partial charge in [0, 0.05) is 25.0 Å². The molecule has 0 aliphatic carbocycles. The molecular formula is C24H26N2O2. The van der Waals surface area contributed by atoms with Crippen molar-refractivity contribution in [3.63, 3.8) is 0 Å². The van der Waals surface area contributed by atoms with Crippen molar-refractivity contribution in [3.8, 4) is 5.75 Å². The maximum Gasteiger partial charge on any atom is 0.261 e. The number of rotatable bonds is 9. The van der Waals surface area contributed by atoms with Crippen molar-refractivity contribution in [2.45, 2.75) is 20.0 Å². The lowest BCUT2D eigenvalue weighted by atomic mass is 10.1. The van der Waals surface area contributed by atoms with Crippen LogP contribution in [0.15, 0.2) is 85.6 Å². The number of aromatic nitrogens is 1. The van der Waals surface area contributed by atoms with Crippen LogP contribution in [0, 0.1) is 6.92 Å². The Morgan fingerprint density at radius 1 is 1.11 bits per heavy atom. The van der Waals surface area contributed by atoms with Crippen LogP contribution in [0.2, 0.25) is 0 Å². The van der Waals surface area contributed by atoms with Crippen LogP contribution in [0.25, 0.3) is 0 Å². The highest BCUT2D eigenvalue weighted by molar-refractivity contribution is 5.77. The van der Waals surface area contributed by atoms with Gasteiger partial charge in [0.15, 0.2) is 6.61 Å². The van der Waals surface area contributed by atoms with Crippen molar-refractivity contribution >= 4 is 5.91 Å². The number of benzene rings is 2. The van der Waals surface area contributed by atoms with Crippen LogP contribution < -0.4 is 4.74 Å². The van der Waals surface area contributed by atoms with Gasteiger partial charge in [0.05, 0.1) is 6.54 Å². The Bertz CT molecular complexity index is 915. The third-order valence-electron chi connectivity index (χ3n) is 4.52. The molecular weight excluding hydrogens is 348 g/mol. The first kappa shape index (κ1) is 19.5. The van der Waals surface area contributed by atoms with Crippen LogP contribution in [-0.4, -0.2) is 28.5 Å². The fourth-order valence-electron chi connectivity index (χ4n) is 3.11. The van der Waals surface area contributed by atoms with Gasteiger partial charge >= 0.3 is 0 Å². The van der Waals surface area contributed by atoms with Crippen molar-refractivity contribution in [3.05, 3.63) is 102 Å². The first-order chi connectivity index (χ1) is 13.7. The highest BCUT2D eigenvalue weighted by Gasteiger charge is 2.15.